The van der Waals surface area contributed by atoms with Crippen LogP contribution in [0.25, 0.3) is 0 Å². The Morgan fingerprint density at radius 2 is 2.00 bits per heavy atom. The van der Waals surface area contributed by atoms with Crippen LogP contribution in [0.4, 0.5) is 0 Å². The molecule has 1 heterocycles. The maximum absolute atomic E-state index is 8.43. The van der Waals surface area contributed by atoms with E-state index in [0.29, 0.717) is 0 Å². The van der Waals surface area contributed by atoms with Gasteiger partial charge < -0.3 is 14.8 Å². The van der Waals surface area contributed by atoms with Gasteiger partial charge in [0.15, 0.2) is 6.61 Å². The molecule has 102 valence electrons. The molecule has 1 N–H and O–H groups in total. The average molecular weight is 260 g/mol. The molecule has 0 radical (unpaired) electrons. The summed E-state index contributed by atoms with van der Waals surface area (Å²) >= 11 is 0. The number of nitriles is 1. The van der Waals surface area contributed by atoms with E-state index < -0.39 is 0 Å². The number of benzene rings is 1. The normalized spacial score (nSPS) is 15.9. The van der Waals surface area contributed by atoms with Crippen molar-refractivity contribution in [1.29, 1.82) is 5.26 Å². The maximum atomic E-state index is 8.43. The summed E-state index contributed by atoms with van der Waals surface area (Å²) in [6.07, 6.45) is 2.32. The maximum Gasteiger partial charge on any atom is 0.174 e. The van der Waals surface area contributed by atoms with E-state index in [1.54, 1.807) is 0 Å². The third-order valence-corrected chi connectivity index (χ3v) is 3.33. The predicted molar refractivity (Wildman–Crippen MR) is 72.8 cm³/mol. The fraction of sp³-hybridized carbons (Fsp3) is 0.533. The molecule has 1 aliphatic heterocycles. The third-order valence-electron chi connectivity index (χ3n) is 3.33. The Bertz CT molecular complexity index is 405. The molecule has 0 atom stereocenters. The lowest BCUT2D eigenvalue weighted by Crippen LogP contribution is -2.27. The fourth-order valence-electron chi connectivity index (χ4n) is 2.19. The van der Waals surface area contributed by atoms with Crippen molar-refractivity contribution in [2.24, 2.45) is 5.92 Å². The van der Waals surface area contributed by atoms with Gasteiger partial charge in [0.1, 0.15) is 11.8 Å². The molecule has 0 aliphatic carbocycles. The summed E-state index contributed by atoms with van der Waals surface area (Å²) in [6, 6.07) is 9.83. The zero-order valence-electron chi connectivity index (χ0n) is 11.1. The number of nitrogens with zero attached hydrogens (tertiary/aromatic N) is 1. The van der Waals surface area contributed by atoms with Crippen molar-refractivity contribution in [2.45, 2.75) is 19.4 Å². The monoisotopic (exact) mass is 260 g/mol. The van der Waals surface area contributed by atoms with Crippen LogP contribution in [0.1, 0.15) is 18.4 Å². The smallest absolute Gasteiger partial charge is 0.174 e. The minimum absolute atomic E-state index is 0.0986. The first-order valence-corrected chi connectivity index (χ1v) is 6.75. The van der Waals surface area contributed by atoms with E-state index in [9.17, 15) is 0 Å². The van der Waals surface area contributed by atoms with Gasteiger partial charge in [-0.05, 0) is 43.0 Å². The molecule has 0 amide bonds. The van der Waals surface area contributed by atoms with Gasteiger partial charge in [-0.3, -0.25) is 0 Å². The molecule has 0 unspecified atom stereocenters. The lowest BCUT2D eigenvalue weighted by molar-refractivity contribution is 0.0662. The number of ether oxygens (including phenoxy) is 2. The predicted octanol–water partition coefficient (Wildman–Crippen LogP) is 2.11. The largest absolute Gasteiger partial charge is 0.479 e. The van der Waals surface area contributed by atoms with E-state index >= 15 is 0 Å². The molecule has 1 aliphatic rings. The molecule has 0 spiro atoms. The third kappa shape index (κ3) is 4.90. The first kappa shape index (κ1) is 13.9. The zero-order chi connectivity index (χ0) is 13.3. The fourth-order valence-corrected chi connectivity index (χ4v) is 2.19. The topological polar surface area (TPSA) is 54.3 Å². The highest BCUT2D eigenvalue weighted by atomic mass is 16.5. The molecular formula is C15H20N2O2. The lowest BCUT2D eigenvalue weighted by Gasteiger charge is -2.22. The van der Waals surface area contributed by atoms with Gasteiger partial charge in [-0.1, -0.05) is 12.1 Å². The van der Waals surface area contributed by atoms with Crippen molar-refractivity contribution in [3.63, 3.8) is 0 Å². The van der Waals surface area contributed by atoms with Crippen molar-refractivity contribution >= 4 is 0 Å². The molecule has 1 aromatic carbocycles. The van der Waals surface area contributed by atoms with Crippen molar-refractivity contribution in [3.8, 4) is 11.8 Å². The van der Waals surface area contributed by atoms with Gasteiger partial charge in [0.2, 0.25) is 0 Å². The van der Waals surface area contributed by atoms with Gasteiger partial charge in [0.25, 0.3) is 0 Å². The van der Waals surface area contributed by atoms with Crippen LogP contribution in [0.2, 0.25) is 0 Å². The number of rotatable bonds is 6. The molecule has 0 bridgehead atoms. The summed E-state index contributed by atoms with van der Waals surface area (Å²) in [7, 11) is 0. The minimum atomic E-state index is 0.0986. The molecule has 1 aromatic rings. The highest BCUT2D eigenvalue weighted by molar-refractivity contribution is 5.27. The average Bonchev–Trinajstić information content (AvgIpc) is 2.47. The standard InChI is InChI=1S/C15H20N2O2/c16-7-10-19-15-3-1-13(2-4-15)11-17-12-14-5-8-18-9-6-14/h1-4,14,17H,5-6,8-12H2. The quantitative estimate of drug-likeness (QED) is 0.851. The minimum Gasteiger partial charge on any atom is -0.479 e. The second-order valence-electron chi connectivity index (χ2n) is 4.78. The van der Waals surface area contributed by atoms with Crippen LogP contribution < -0.4 is 10.1 Å². The van der Waals surface area contributed by atoms with Gasteiger partial charge in [-0.15, -0.1) is 0 Å². The van der Waals surface area contributed by atoms with Crippen molar-refractivity contribution < 1.29 is 9.47 Å². The Morgan fingerprint density at radius 3 is 2.68 bits per heavy atom. The number of nitrogens with one attached hydrogen (secondary N) is 1. The molecule has 1 saturated heterocycles. The van der Waals surface area contributed by atoms with Gasteiger partial charge >= 0.3 is 0 Å². The summed E-state index contributed by atoms with van der Waals surface area (Å²) in [5.74, 6) is 1.49. The Morgan fingerprint density at radius 1 is 1.26 bits per heavy atom. The van der Waals surface area contributed by atoms with Crippen molar-refractivity contribution in [3.05, 3.63) is 29.8 Å². The van der Waals surface area contributed by atoms with Crippen LogP contribution in [0, 0.1) is 17.2 Å². The van der Waals surface area contributed by atoms with Gasteiger partial charge in [0.05, 0.1) is 0 Å². The van der Waals surface area contributed by atoms with Gasteiger partial charge in [-0.2, -0.15) is 5.26 Å². The van der Waals surface area contributed by atoms with Crippen LogP contribution in [0.5, 0.6) is 5.75 Å². The Hall–Kier alpha value is -1.57. The summed E-state index contributed by atoms with van der Waals surface area (Å²) in [5.41, 5.74) is 1.23. The van der Waals surface area contributed by atoms with Crippen LogP contribution in [0.15, 0.2) is 24.3 Å². The second-order valence-corrected chi connectivity index (χ2v) is 4.78. The highest BCUT2D eigenvalue weighted by Gasteiger charge is 2.12. The second kappa shape index (κ2) is 7.78. The summed E-state index contributed by atoms with van der Waals surface area (Å²) in [6.45, 7) is 3.82. The van der Waals surface area contributed by atoms with E-state index in [4.69, 9.17) is 14.7 Å². The van der Waals surface area contributed by atoms with Gasteiger partial charge in [0, 0.05) is 19.8 Å². The molecule has 1 fully saturated rings. The van der Waals surface area contributed by atoms with Crippen LogP contribution in [-0.4, -0.2) is 26.4 Å². The molecule has 2 rings (SSSR count). The van der Waals surface area contributed by atoms with E-state index in [0.717, 1.165) is 50.8 Å². The van der Waals surface area contributed by atoms with Crippen LogP contribution in [-0.2, 0) is 11.3 Å². The van der Waals surface area contributed by atoms with Crippen LogP contribution in [0.3, 0.4) is 0 Å². The highest BCUT2D eigenvalue weighted by Crippen LogP contribution is 2.14. The first-order chi connectivity index (χ1) is 9.38. The summed E-state index contributed by atoms with van der Waals surface area (Å²) in [5, 5.41) is 11.9. The lowest BCUT2D eigenvalue weighted by atomic mass is 10.0. The molecule has 4 nitrogen and oxygen atoms in total. The number of hydrogen-bond donors (Lipinski definition) is 1. The molecule has 0 saturated carbocycles. The van der Waals surface area contributed by atoms with E-state index in [1.165, 1.54) is 5.56 Å². The van der Waals surface area contributed by atoms with Gasteiger partial charge in [-0.25, -0.2) is 0 Å². The van der Waals surface area contributed by atoms with Crippen molar-refractivity contribution in [1.82, 2.24) is 5.32 Å². The SMILES string of the molecule is N#CCOc1ccc(CNCC2CCOCC2)cc1. The van der Waals surface area contributed by atoms with E-state index in [-0.39, 0.29) is 6.61 Å². The molecule has 0 aromatic heterocycles. The zero-order valence-corrected chi connectivity index (χ0v) is 11.1. The molecule has 4 heteroatoms. The molecule has 19 heavy (non-hydrogen) atoms. The van der Waals surface area contributed by atoms with E-state index in [2.05, 4.69) is 5.32 Å². The summed E-state index contributed by atoms with van der Waals surface area (Å²) in [4.78, 5) is 0. The molecular weight excluding hydrogens is 240 g/mol. The number of hydrogen-bond acceptors (Lipinski definition) is 4. The Labute approximate surface area is 114 Å². The Balaban J connectivity index is 1.69. The Kier molecular flexibility index (Phi) is 5.67. The summed E-state index contributed by atoms with van der Waals surface area (Å²) < 4.78 is 10.6. The van der Waals surface area contributed by atoms with Crippen molar-refractivity contribution in [2.75, 3.05) is 26.4 Å². The van der Waals surface area contributed by atoms with E-state index in [1.807, 2.05) is 30.3 Å². The first-order valence-electron chi connectivity index (χ1n) is 6.75. The van der Waals surface area contributed by atoms with Crippen LogP contribution >= 0.6 is 0 Å².